The maximum atomic E-state index is 13.9. The molecule has 3 aliphatic carbocycles. The highest BCUT2D eigenvalue weighted by molar-refractivity contribution is 6.24. The zero-order valence-electron chi connectivity index (χ0n) is 21.6. The van der Waals surface area contributed by atoms with E-state index in [-0.39, 0.29) is 36.1 Å². The number of aliphatic hydroxyl groups excluding tert-OH is 2. The van der Waals surface area contributed by atoms with Crippen molar-refractivity contribution in [1.82, 2.24) is 4.90 Å². The Balaban J connectivity index is 1.94. The average Bonchev–Trinajstić information content (AvgIpc) is 2.76. The normalized spacial score (nSPS) is 25.4. The van der Waals surface area contributed by atoms with Crippen molar-refractivity contribution in [3.8, 4) is 17.6 Å². The van der Waals surface area contributed by atoms with Crippen molar-refractivity contribution in [3.05, 3.63) is 51.0 Å². The first-order chi connectivity index (χ1) is 17.1. The molecule has 0 aliphatic heterocycles. The van der Waals surface area contributed by atoms with Gasteiger partial charge in [-0.25, -0.2) is 0 Å². The first-order valence-corrected chi connectivity index (χ1v) is 12.1. The summed E-state index contributed by atoms with van der Waals surface area (Å²) < 4.78 is 0. The summed E-state index contributed by atoms with van der Waals surface area (Å²) in [6, 6.07) is 1.79. The second-order valence-electron chi connectivity index (χ2n) is 11.4. The van der Waals surface area contributed by atoms with Gasteiger partial charge in [-0.1, -0.05) is 32.6 Å². The van der Waals surface area contributed by atoms with Crippen molar-refractivity contribution < 1.29 is 34.8 Å². The van der Waals surface area contributed by atoms with E-state index in [0.717, 1.165) is 0 Å². The quantitative estimate of drug-likeness (QED) is 0.298. The number of benzene rings is 1. The van der Waals surface area contributed by atoms with Crippen LogP contribution in [-0.4, -0.2) is 69.0 Å². The Morgan fingerprint density at radius 2 is 1.84 bits per heavy atom. The Hall–Kier alpha value is -3.61. The molecule has 0 radical (unpaired) electrons. The lowest BCUT2D eigenvalue weighted by molar-refractivity contribution is -0.144. The number of carbonyl (C=O) groups excluding carboxylic acids is 3. The van der Waals surface area contributed by atoms with Crippen LogP contribution in [-0.2, 0) is 21.4 Å². The van der Waals surface area contributed by atoms with E-state index in [1.165, 1.54) is 0 Å². The fourth-order valence-electron chi connectivity index (χ4n) is 5.66. The fraction of sp³-hybridized carbons (Fsp3) is 0.464. The third-order valence-electron chi connectivity index (χ3n) is 7.49. The minimum Gasteiger partial charge on any atom is -0.511 e. The molecule has 1 amide bonds. The summed E-state index contributed by atoms with van der Waals surface area (Å²) in [5.74, 6) is -0.185. The van der Waals surface area contributed by atoms with Gasteiger partial charge in [-0.05, 0) is 49.9 Å². The third-order valence-corrected chi connectivity index (χ3v) is 7.49. The van der Waals surface area contributed by atoms with Gasteiger partial charge < -0.3 is 26.2 Å². The Kier molecular flexibility index (Phi) is 6.26. The highest BCUT2D eigenvalue weighted by Crippen LogP contribution is 2.52. The van der Waals surface area contributed by atoms with Crippen molar-refractivity contribution in [3.63, 3.8) is 0 Å². The van der Waals surface area contributed by atoms with Crippen LogP contribution < -0.4 is 5.73 Å². The number of ketones is 2. The van der Waals surface area contributed by atoms with Gasteiger partial charge in [0.25, 0.3) is 5.91 Å². The molecule has 0 spiro atoms. The van der Waals surface area contributed by atoms with Crippen LogP contribution in [0.1, 0.15) is 60.7 Å². The molecule has 196 valence electrons. The minimum absolute atomic E-state index is 0.0156. The summed E-state index contributed by atoms with van der Waals surface area (Å²) in [5, 5.41) is 44.2. The molecule has 1 aromatic carbocycles. The molecule has 3 atom stereocenters. The number of hydrogen-bond donors (Lipinski definition) is 5. The smallest absolute Gasteiger partial charge is 0.255 e. The van der Waals surface area contributed by atoms with Gasteiger partial charge in [0.2, 0.25) is 5.78 Å². The van der Waals surface area contributed by atoms with E-state index in [4.69, 9.17) is 5.73 Å². The minimum atomic E-state index is -2.58. The molecule has 0 bridgehead atoms. The van der Waals surface area contributed by atoms with Crippen LogP contribution in [0.3, 0.4) is 0 Å². The lowest BCUT2D eigenvalue weighted by Gasteiger charge is -2.45. The fourth-order valence-corrected chi connectivity index (χ4v) is 5.66. The number of Topliss-reactive ketones (excluding diaryl/α,β-unsaturated/α-hetero) is 2. The zero-order valence-corrected chi connectivity index (χ0v) is 21.6. The number of phenolic OH excluding ortho intramolecular Hbond substituents is 1. The van der Waals surface area contributed by atoms with E-state index in [0.29, 0.717) is 23.2 Å². The second-order valence-corrected chi connectivity index (χ2v) is 11.4. The molecule has 9 nitrogen and oxygen atoms in total. The van der Waals surface area contributed by atoms with Crippen molar-refractivity contribution >= 4 is 17.5 Å². The van der Waals surface area contributed by atoms with E-state index in [2.05, 4.69) is 11.8 Å². The molecule has 4 rings (SSSR count). The van der Waals surface area contributed by atoms with Crippen LogP contribution in [0.5, 0.6) is 5.75 Å². The van der Waals surface area contributed by atoms with Crippen LogP contribution in [0, 0.1) is 23.7 Å². The summed E-state index contributed by atoms with van der Waals surface area (Å²) in [6.45, 7) is 6.14. The molecule has 0 fully saturated rings. The van der Waals surface area contributed by atoms with Crippen LogP contribution in [0.4, 0.5) is 0 Å². The molecule has 37 heavy (non-hydrogen) atoms. The van der Waals surface area contributed by atoms with Crippen LogP contribution in [0.2, 0.25) is 0 Å². The number of hydrogen-bond acceptors (Lipinski definition) is 8. The van der Waals surface area contributed by atoms with Gasteiger partial charge in [-0.2, -0.15) is 0 Å². The summed E-state index contributed by atoms with van der Waals surface area (Å²) in [5.41, 5.74) is 2.76. The van der Waals surface area contributed by atoms with E-state index in [1.54, 1.807) is 6.07 Å². The number of nitrogens with two attached hydrogens (primary N) is 1. The third kappa shape index (κ3) is 4.01. The Labute approximate surface area is 215 Å². The van der Waals surface area contributed by atoms with Crippen LogP contribution in [0.25, 0.3) is 0 Å². The molecule has 0 unspecified atom stereocenters. The number of aliphatic hydroxyl groups is 3. The summed E-state index contributed by atoms with van der Waals surface area (Å²) in [4.78, 5) is 40.7. The van der Waals surface area contributed by atoms with E-state index in [1.807, 2.05) is 39.8 Å². The predicted octanol–water partition coefficient (Wildman–Crippen LogP) is 1.79. The molecular weight excluding hydrogens is 476 g/mol. The van der Waals surface area contributed by atoms with Gasteiger partial charge in [0.05, 0.1) is 12.1 Å². The average molecular weight is 509 g/mol. The topological polar surface area (TPSA) is 161 Å². The van der Waals surface area contributed by atoms with Crippen LogP contribution in [0.15, 0.2) is 28.7 Å². The number of phenols is 1. The Morgan fingerprint density at radius 1 is 1.19 bits per heavy atom. The van der Waals surface area contributed by atoms with Crippen molar-refractivity contribution in [2.24, 2.45) is 17.6 Å². The number of aromatic hydroxyl groups is 1. The van der Waals surface area contributed by atoms with Gasteiger partial charge >= 0.3 is 0 Å². The summed E-state index contributed by atoms with van der Waals surface area (Å²) in [7, 11) is 3.76. The molecule has 0 heterocycles. The molecule has 3 aliphatic rings. The standard InChI is InChI=1S/C28H32N2O7/c1-27(2,3)17-11-13(7-6-8-30(4)5)16-10-14-9-15-12-18(31)21(26(29)36)25(35)28(15,37)24(34)19(14)23(33)20(16)22(17)32/h11,14-15,31-32,34,37H,8-10,12H2,1-5H3,(H2,29,36)/t14-,15+,28+/m1/s1. The number of nitrogens with zero attached hydrogens (tertiary/aromatic N) is 1. The second kappa shape index (κ2) is 8.75. The Morgan fingerprint density at radius 3 is 2.41 bits per heavy atom. The maximum Gasteiger partial charge on any atom is 0.255 e. The summed E-state index contributed by atoms with van der Waals surface area (Å²) in [6.07, 6.45) is 0.0345. The first kappa shape index (κ1) is 26.5. The molecule has 0 saturated heterocycles. The lowest BCUT2D eigenvalue weighted by Crippen LogP contribution is -2.57. The Bertz CT molecular complexity index is 1370. The van der Waals surface area contributed by atoms with Crippen LogP contribution >= 0.6 is 0 Å². The number of fused-ring (bicyclic) bond motifs is 3. The highest BCUT2D eigenvalue weighted by Gasteiger charge is 2.59. The number of primary amides is 1. The van der Waals surface area contributed by atoms with Gasteiger partial charge in [0, 0.05) is 29.0 Å². The molecule has 1 aromatic rings. The lowest BCUT2D eigenvalue weighted by atomic mass is 9.60. The van der Waals surface area contributed by atoms with Crippen molar-refractivity contribution in [1.29, 1.82) is 0 Å². The maximum absolute atomic E-state index is 13.9. The van der Waals surface area contributed by atoms with E-state index >= 15 is 0 Å². The number of rotatable bonds is 2. The number of amides is 1. The van der Waals surface area contributed by atoms with E-state index < -0.39 is 57.4 Å². The largest absolute Gasteiger partial charge is 0.511 e. The van der Waals surface area contributed by atoms with Crippen molar-refractivity contribution in [2.75, 3.05) is 20.6 Å². The molecule has 6 N–H and O–H groups in total. The van der Waals surface area contributed by atoms with Gasteiger partial charge in [0.1, 0.15) is 22.8 Å². The van der Waals surface area contributed by atoms with Crippen molar-refractivity contribution in [2.45, 2.75) is 51.0 Å². The molecule has 0 aromatic heterocycles. The molecule has 0 saturated carbocycles. The molecular formula is C28H32N2O7. The van der Waals surface area contributed by atoms with Gasteiger partial charge in [-0.3, -0.25) is 19.3 Å². The van der Waals surface area contributed by atoms with E-state index in [9.17, 15) is 34.8 Å². The number of allylic oxidation sites excluding steroid dienone is 2. The first-order valence-electron chi connectivity index (χ1n) is 12.1. The monoisotopic (exact) mass is 508 g/mol. The molecule has 9 heteroatoms. The predicted molar refractivity (Wildman–Crippen MR) is 135 cm³/mol. The zero-order chi connectivity index (χ0) is 27.6. The summed E-state index contributed by atoms with van der Waals surface area (Å²) >= 11 is 0. The van der Waals surface area contributed by atoms with Gasteiger partial charge in [0.15, 0.2) is 11.4 Å². The van der Waals surface area contributed by atoms with Gasteiger partial charge in [-0.15, -0.1) is 0 Å². The SMILES string of the molecule is CN(C)CC#Cc1cc(C(C)(C)C)c(O)c2c1C[C@H]1C[C@H]3CC(O)=C(C(N)=O)C(=O)[C@@]3(O)C(O)=C1C2=O. The number of carbonyl (C=O) groups is 3. The highest BCUT2D eigenvalue weighted by atomic mass is 16.3.